The van der Waals surface area contributed by atoms with Crippen LogP contribution in [0.5, 0.6) is 5.75 Å². The van der Waals surface area contributed by atoms with Crippen LogP contribution in [0.3, 0.4) is 0 Å². The summed E-state index contributed by atoms with van der Waals surface area (Å²) in [6, 6.07) is 16.0. The van der Waals surface area contributed by atoms with Crippen LogP contribution >= 0.6 is 0 Å². The van der Waals surface area contributed by atoms with Gasteiger partial charge in [0.05, 0.1) is 7.11 Å². The quantitative estimate of drug-likeness (QED) is 0.821. The minimum absolute atomic E-state index is 0.0193. The lowest BCUT2D eigenvalue weighted by Gasteiger charge is -2.19. The third-order valence-electron chi connectivity index (χ3n) is 4.24. The fourth-order valence-electron chi connectivity index (χ4n) is 2.66. The lowest BCUT2D eigenvalue weighted by atomic mass is 10.0. The van der Waals surface area contributed by atoms with Crippen LogP contribution in [0.15, 0.2) is 48.5 Å². The molecule has 4 nitrogen and oxygen atoms in total. The van der Waals surface area contributed by atoms with Crippen LogP contribution in [-0.2, 0) is 4.79 Å². The molecule has 0 aliphatic carbocycles. The lowest BCUT2D eigenvalue weighted by molar-refractivity contribution is -0.713. The molecule has 0 heterocycles. The second-order valence-electron chi connectivity index (χ2n) is 6.12. The molecule has 0 aliphatic rings. The number of carbonyl (C=O) groups excluding carboxylic acids is 1. The summed E-state index contributed by atoms with van der Waals surface area (Å²) in [7, 11) is 1.66. The SMILES string of the molecule is CC[C@@H]([NH2+][C@@H](C)C(=O)Nc1ccc(C)cc1)c1ccc(OC)cc1. The Morgan fingerprint density at radius 2 is 1.75 bits per heavy atom. The van der Waals surface area contributed by atoms with Crippen molar-refractivity contribution in [3.8, 4) is 5.75 Å². The molecule has 0 unspecified atom stereocenters. The van der Waals surface area contributed by atoms with E-state index in [4.69, 9.17) is 4.74 Å². The molecule has 24 heavy (non-hydrogen) atoms. The summed E-state index contributed by atoms with van der Waals surface area (Å²) >= 11 is 0. The average molecular weight is 327 g/mol. The highest BCUT2D eigenvalue weighted by atomic mass is 16.5. The first-order valence-corrected chi connectivity index (χ1v) is 8.40. The predicted octanol–water partition coefficient (Wildman–Crippen LogP) is 3.05. The van der Waals surface area contributed by atoms with Gasteiger partial charge in [-0.2, -0.15) is 0 Å². The summed E-state index contributed by atoms with van der Waals surface area (Å²) in [4.78, 5) is 12.4. The Morgan fingerprint density at radius 1 is 1.12 bits per heavy atom. The Kier molecular flexibility index (Phi) is 6.38. The van der Waals surface area contributed by atoms with E-state index in [0.29, 0.717) is 0 Å². The average Bonchev–Trinajstić information content (AvgIpc) is 2.61. The number of carbonyl (C=O) groups is 1. The highest BCUT2D eigenvalue weighted by molar-refractivity contribution is 5.93. The highest BCUT2D eigenvalue weighted by Gasteiger charge is 2.22. The molecule has 2 aromatic carbocycles. The fraction of sp³-hybridized carbons (Fsp3) is 0.350. The second-order valence-corrected chi connectivity index (χ2v) is 6.12. The van der Waals surface area contributed by atoms with E-state index in [1.165, 1.54) is 11.1 Å². The van der Waals surface area contributed by atoms with Gasteiger partial charge in [-0.15, -0.1) is 0 Å². The van der Waals surface area contributed by atoms with Crippen LogP contribution < -0.4 is 15.4 Å². The van der Waals surface area contributed by atoms with Crippen molar-refractivity contribution in [1.82, 2.24) is 0 Å². The Hall–Kier alpha value is -2.33. The number of benzene rings is 2. The topological polar surface area (TPSA) is 54.9 Å². The fourth-order valence-corrected chi connectivity index (χ4v) is 2.66. The van der Waals surface area contributed by atoms with Crippen molar-refractivity contribution in [2.75, 3.05) is 12.4 Å². The number of quaternary nitrogens is 1. The molecule has 0 spiro atoms. The number of amides is 1. The summed E-state index contributed by atoms with van der Waals surface area (Å²) in [5, 5.41) is 5.09. The number of ether oxygens (including phenoxy) is 1. The van der Waals surface area contributed by atoms with Gasteiger partial charge in [0.25, 0.3) is 5.91 Å². The van der Waals surface area contributed by atoms with Crippen molar-refractivity contribution in [1.29, 1.82) is 0 Å². The third kappa shape index (κ3) is 4.83. The van der Waals surface area contributed by atoms with Gasteiger partial charge in [-0.3, -0.25) is 4.79 Å². The van der Waals surface area contributed by atoms with Crippen LogP contribution in [-0.4, -0.2) is 19.1 Å². The molecule has 2 atom stereocenters. The third-order valence-corrected chi connectivity index (χ3v) is 4.24. The maximum atomic E-state index is 12.4. The predicted molar refractivity (Wildman–Crippen MR) is 97.2 cm³/mol. The summed E-state index contributed by atoms with van der Waals surface area (Å²) < 4.78 is 5.20. The van der Waals surface area contributed by atoms with Crippen molar-refractivity contribution in [3.05, 3.63) is 59.7 Å². The number of hydrogen-bond acceptors (Lipinski definition) is 2. The molecule has 2 aromatic rings. The van der Waals surface area contributed by atoms with E-state index >= 15 is 0 Å². The molecule has 0 radical (unpaired) electrons. The maximum Gasteiger partial charge on any atom is 0.282 e. The Labute approximate surface area is 144 Å². The van der Waals surface area contributed by atoms with Gasteiger partial charge in [-0.05, 0) is 50.2 Å². The molecule has 0 bridgehead atoms. The van der Waals surface area contributed by atoms with Crippen molar-refractivity contribution >= 4 is 11.6 Å². The minimum Gasteiger partial charge on any atom is -0.497 e. The summed E-state index contributed by atoms with van der Waals surface area (Å²) in [5.74, 6) is 0.865. The van der Waals surface area contributed by atoms with Crippen molar-refractivity contribution in [2.45, 2.75) is 39.3 Å². The molecule has 4 heteroatoms. The molecule has 0 aliphatic heterocycles. The smallest absolute Gasteiger partial charge is 0.282 e. The van der Waals surface area contributed by atoms with Gasteiger partial charge >= 0.3 is 0 Å². The number of nitrogens with two attached hydrogens (primary N) is 1. The van der Waals surface area contributed by atoms with Gasteiger partial charge in [0.15, 0.2) is 6.04 Å². The molecule has 2 rings (SSSR count). The number of aryl methyl sites for hydroxylation is 1. The highest BCUT2D eigenvalue weighted by Crippen LogP contribution is 2.17. The van der Waals surface area contributed by atoms with E-state index in [1.54, 1.807) is 7.11 Å². The number of hydrogen-bond donors (Lipinski definition) is 2. The summed E-state index contributed by atoms with van der Waals surface area (Å²) in [6.45, 7) is 6.11. The van der Waals surface area contributed by atoms with E-state index < -0.39 is 0 Å². The lowest BCUT2D eigenvalue weighted by Crippen LogP contribution is -2.92. The van der Waals surface area contributed by atoms with Gasteiger partial charge in [0.1, 0.15) is 11.8 Å². The van der Waals surface area contributed by atoms with Gasteiger partial charge in [-0.1, -0.05) is 24.6 Å². The normalized spacial score (nSPS) is 13.2. The largest absolute Gasteiger partial charge is 0.497 e. The first-order valence-electron chi connectivity index (χ1n) is 8.40. The Morgan fingerprint density at radius 3 is 2.29 bits per heavy atom. The minimum atomic E-state index is -0.168. The van der Waals surface area contributed by atoms with Crippen molar-refractivity contribution in [2.24, 2.45) is 0 Å². The summed E-state index contributed by atoms with van der Waals surface area (Å²) in [6.07, 6.45) is 0.953. The van der Waals surface area contributed by atoms with E-state index in [2.05, 4.69) is 29.7 Å². The molecule has 0 fully saturated rings. The second kappa shape index (κ2) is 8.50. The zero-order valence-corrected chi connectivity index (χ0v) is 14.9. The van der Waals surface area contributed by atoms with Crippen molar-refractivity contribution in [3.63, 3.8) is 0 Å². The molecule has 3 N–H and O–H groups in total. The van der Waals surface area contributed by atoms with Gasteiger partial charge in [0, 0.05) is 17.7 Å². The number of methoxy groups -OCH3 is 1. The molecule has 0 saturated heterocycles. The standard InChI is InChI=1S/C20H26N2O2/c1-5-19(16-8-12-18(24-4)13-9-16)21-15(3)20(23)22-17-10-6-14(2)7-11-17/h6-13,15,19,21H,5H2,1-4H3,(H,22,23)/p+1/t15-,19+/m0/s1. The van der Waals surface area contributed by atoms with Crippen LogP contribution in [0.4, 0.5) is 5.69 Å². The number of anilines is 1. The molecule has 0 aromatic heterocycles. The number of rotatable bonds is 7. The van der Waals surface area contributed by atoms with Crippen LogP contribution in [0, 0.1) is 6.92 Å². The van der Waals surface area contributed by atoms with Crippen LogP contribution in [0.25, 0.3) is 0 Å². The molecule has 128 valence electrons. The maximum absolute atomic E-state index is 12.4. The van der Waals surface area contributed by atoms with E-state index in [1.807, 2.05) is 50.2 Å². The first kappa shape index (κ1) is 18.0. The van der Waals surface area contributed by atoms with E-state index in [9.17, 15) is 4.79 Å². The first-order chi connectivity index (χ1) is 11.5. The Balaban J connectivity index is 1.98. The van der Waals surface area contributed by atoms with E-state index in [0.717, 1.165) is 17.9 Å². The molecule has 1 amide bonds. The van der Waals surface area contributed by atoms with Crippen LogP contribution in [0.2, 0.25) is 0 Å². The molecule has 0 saturated carbocycles. The van der Waals surface area contributed by atoms with Gasteiger partial charge < -0.3 is 15.4 Å². The van der Waals surface area contributed by atoms with Gasteiger partial charge in [0.2, 0.25) is 0 Å². The monoisotopic (exact) mass is 327 g/mol. The number of nitrogens with one attached hydrogen (secondary N) is 1. The summed E-state index contributed by atoms with van der Waals surface area (Å²) in [5.41, 5.74) is 3.22. The zero-order valence-electron chi connectivity index (χ0n) is 14.9. The van der Waals surface area contributed by atoms with Crippen LogP contribution in [0.1, 0.15) is 37.4 Å². The van der Waals surface area contributed by atoms with Crippen molar-refractivity contribution < 1.29 is 14.8 Å². The zero-order chi connectivity index (χ0) is 17.5. The van der Waals surface area contributed by atoms with Gasteiger partial charge in [-0.25, -0.2) is 0 Å². The Bertz CT molecular complexity index is 650. The molecular formula is C20H27N2O2+. The van der Waals surface area contributed by atoms with E-state index in [-0.39, 0.29) is 18.0 Å². The molecular weight excluding hydrogens is 300 g/mol.